The average molecular weight is 464 g/mol. The van der Waals surface area contributed by atoms with Crippen molar-refractivity contribution in [3.05, 3.63) is 59.4 Å². The Bertz CT molecular complexity index is 1190. The summed E-state index contributed by atoms with van der Waals surface area (Å²) in [6.07, 6.45) is 2.65. The highest BCUT2D eigenvalue weighted by Gasteiger charge is 2.24. The highest BCUT2D eigenvalue weighted by molar-refractivity contribution is 6.07. The Balaban J connectivity index is 1.74. The van der Waals surface area contributed by atoms with Gasteiger partial charge in [-0.05, 0) is 48.6 Å². The zero-order chi connectivity index (χ0) is 25.1. The van der Waals surface area contributed by atoms with Gasteiger partial charge in [-0.25, -0.2) is 9.78 Å². The number of benzene rings is 1. The van der Waals surface area contributed by atoms with Crippen molar-refractivity contribution in [1.82, 2.24) is 20.2 Å². The molecule has 3 aromatic rings. The summed E-state index contributed by atoms with van der Waals surface area (Å²) >= 11 is 0. The van der Waals surface area contributed by atoms with Crippen molar-refractivity contribution in [2.24, 2.45) is 0 Å². The van der Waals surface area contributed by atoms with Crippen LogP contribution < -0.4 is 16.0 Å². The van der Waals surface area contributed by atoms with Gasteiger partial charge in [0.1, 0.15) is 5.82 Å². The molecule has 0 radical (unpaired) electrons. The summed E-state index contributed by atoms with van der Waals surface area (Å²) in [6, 6.07) is 11.7. The maximum atomic E-state index is 13.2. The number of aryl methyl sites for hydroxylation is 1. The Morgan fingerprint density at radius 1 is 1.06 bits per heavy atom. The smallest absolute Gasteiger partial charge is 0.320 e. The van der Waals surface area contributed by atoms with Gasteiger partial charge < -0.3 is 15.2 Å². The molecule has 0 saturated carbocycles. The molecule has 3 N–H and O–H groups in total. The third-order valence-electron chi connectivity index (χ3n) is 6.28. The van der Waals surface area contributed by atoms with Crippen LogP contribution in [0.5, 0.6) is 0 Å². The van der Waals surface area contributed by atoms with Gasteiger partial charge in [0.05, 0.1) is 5.56 Å². The van der Waals surface area contributed by atoms with E-state index in [1.54, 1.807) is 13.1 Å². The molecule has 0 fully saturated rings. The fourth-order valence-electron chi connectivity index (χ4n) is 3.98. The van der Waals surface area contributed by atoms with Crippen molar-refractivity contribution < 1.29 is 9.59 Å². The van der Waals surface area contributed by atoms with Crippen LogP contribution in [0.15, 0.2) is 42.6 Å². The Morgan fingerprint density at radius 2 is 1.79 bits per heavy atom. The van der Waals surface area contributed by atoms with E-state index in [-0.39, 0.29) is 22.8 Å². The molecule has 2 heterocycles. The van der Waals surface area contributed by atoms with Crippen LogP contribution in [0.1, 0.15) is 69.6 Å². The quantitative estimate of drug-likeness (QED) is 0.450. The fourth-order valence-corrected chi connectivity index (χ4v) is 3.98. The first-order chi connectivity index (χ1) is 16.0. The molecule has 0 aliphatic carbocycles. The monoisotopic (exact) mass is 463 g/mol. The Morgan fingerprint density at radius 3 is 2.44 bits per heavy atom. The molecule has 0 saturated heterocycles. The molecule has 34 heavy (non-hydrogen) atoms. The van der Waals surface area contributed by atoms with Crippen molar-refractivity contribution in [3.8, 4) is 0 Å². The summed E-state index contributed by atoms with van der Waals surface area (Å²) in [6.45, 7) is 14.1. The maximum absolute atomic E-state index is 13.2. The Labute approximate surface area is 202 Å². The first-order valence-corrected chi connectivity index (χ1v) is 11.8. The second-order valence-electron chi connectivity index (χ2n) is 10.3. The van der Waals surface area contributed by atoms with Gasteiger partial charge in [-0.1, -0.05) is 46.8 Å². The number of hydrogen-bond donors (Lipinski definition) is 3. The lowest BCUT2D eigenvalue weighted by molar-refractivity contribution is 0.0952. The predicted molar refractivity (Wildman–Crippen MR) is 139 cm³/mol. The van der Waals surface area contributed by atoms with Gasteiger partial charge in [-0.15, -0.1) is 0 Å². The van der Waals surface area contributed by atoms with Crippen LogP contribution in [0.4, 0.5) is 10.6 Å². The summed E-state index contributed by atoms with van der Waals surface area (Å²) in [5.41, 5.74) is 3.56. The SMILES string of the molecule is CCn1cc(C(=O)NCCC(C)(C)c2cccc(NC(=O)NC)n2)c2cc(C(C)(C)C)ccc21. The largest absolute Gasteiger partial charge is 0.352 e. The van der Waals surface area contributed by atoms with Crippen LogP contribution in [0.3, 0.4) is 0 Å². The molecule has 7 heteroatoms. The number of urea groups is 1. The fraction of sp³-hybridized carbons (Fsp3) is 0.444. The molecule has 182 valence electrons. The molecule has 3 amide bonds. The maximum Gasteiger partial charge on any atom is 0.320 e. The van der Waals surface area contributed by atoms with E-state index in [0.29, 0.717) is 24.3 Å². The normalized spacial score (nSPS) is 12.0. The van der Waals surface area contributed by atoms with Crippen molar-refractivity contribution in [2.75, 3.05) is 18.9 Å². The number of carbonyl (C=O) groups is 2. The lowest BCUT2D eigenvalue weighted by Crippen LogP contribution is -2.30. The van der Waals surface area contributed by atoms with Crippen LogP contribution in [0, 0.1) is 0 Å². The molecule has 0 aliphatic heterocycles. The third kappa shape index (κ3) is 5.58. The van der Waals surface area contributed by atoms with Gasteiger partial charge in [0.25, 0.3) is 5.91 Å². The molecular weight excluding hydrogens is 426 g/mol. The number of hydrogen-bond acceptors (Lipinski definition) is 3. The summed E-state index contributed by atoms with van der Waals surface area (Å²) < 4.78 is 2.12. The molecule has 1 aromatic carbocycles. The van der Waals surface area contributed by atoms with Crippen LogP contribution in [0.2, 0.25) is 0 Å². The van der Waals surface area contributed by atoms with Gasteiger partial charge in [0.15, 0.2) is 0 Å². The lowest BCUT2D eigenvalue weighted by Gasteiger charge is -2.24. The highest BCUT2D eigenvalue weighted by atomic mass is 16.2. The number of nitrogens with zero attached hydrogens (tertiary/aromatic N) is 2. The second-order valence-corrected chi connectivity index (χ2v) is 10.3. The summed E-state index contributed by atoms with van der Waals surface area (Å²) in [5, 5.41) is 9.33. The van der Waals surface area contributed by atoms with Crippen LogP contribution >= 0.6 is 0 Å². The molecule has 0 unspecified atom stereocenters. The molecule has 7 nitrogen and oxygen atoms in total. The number of rotatable bonds is 7. The van der Waals surface area contributed by atoms with Crippen LogP contribution in [-0.4, -0.2) is 35.1 Å². The highest BCUT2D eigenvalue weighted by Crippen LogP contribution is 2.30. The van der Waals surface area contributed by atoms with E-state index in [2.05, 4.69) is 85.2 Å². The first kappa shape index (κ1) is 25.3. The molecule has 2 aromatic heterocycles. The molecule has 3 rings (SSSR count). The van der Waals surface area contributed by atoms with Gasteiger partial charge in [0.2, 0.25) is 0 Å². The van der Waals surface area contributed by atoms with Crippen LogP contribution in [0.25, 0.3) is 10.9 Å². The zero-order valence-electron chi connectivity index (χ0n) is 21.4. The lowest BCUT2D eigenvalue weighted by atomic mass is 9.85. The minimum Gasteiger partial charge on any atom is -0.352 e. The van der Waals surface area contributed by atoms with E-state index < -0.39 is 0 Å². The topological polar surface area (TPSA) is 88.0 Å². The van der Waals surface area contributed by atoms with Crippen molar-refractivity contribution in [1.29, 1.82) is 0 Å². The van der Waals surface area contributed by atoms with Crippen molar-refractivity contribution in [2.45, 2.75) is 65.3 Å². The molecule has 0 atom stereocenters. The van der Waals surface area contributed by atoms with Gasteiger partial charge in [-0.2, -0.15) is 0 Å². The van der Waals surface area contributed by atoms with E-state index in [9.17, 15) is 9.59 Å². The number of carbonyl (C=O) groups excluding carboxylic acids is 2. The number of fused-ring (bicyclic) bond motifs is 1. The zero-order valence-corrected chi connectivity index (χ0v) is 21.4. The third-order valence-corrected chi connectivity index (χ3v) is 6.28. The Kier molecular flexibility index (Phi) is 7.34. The van der Waals surface area contributed by atoms with E-state index >= 15 is 0 Å². The van der Waals surface area contributed by atoms with E-state index in [0.717, 1.165) is 23.1 Å². The molecule has 0 bridgehead atoms. The van der Waals surface area contributed by atoms with E-state index in [4.69, 9.17) is 0 Å². The average Bonchev–Trinajstić information content (AvgIpc) is 3.16. The minimum absolute atomic E-state index is 0.00841. The number of pyridine rings is 1. The second kappa shape index (κ2) is 9.87. The van der Waals surface area contributed by atoms with Crippen molar-refractivity contribution >= 4 is 28.7 Å². The van der Waals surface area contributed by atoms with Crippen LogP contribution in [-0.2, 0) is 17.4 Å². The van der Waals surface area contributed by atoms with Gasteiger partial charge in [-0.3, -0.25) is 10.1 Å². The molecular formula is C27H37N5O2. The summed E-state index contributed by atoms with van der Waals surface area (Å²) in [4.78, 5) is 29.4. The minimum atomic E-state index is -0.310. The predicted octanol–water partition coefficient (Wildman–Crippen LogP) is 5.20. The van der Waals surface area contributed by atoms with Crippen molar-refractivity contribution in [3.63, 3.8) is 0 Å². The van der Waals surface area contributed by atoms with E-state index in [1.165, 1.54) is 5.56 Å². The number of anilines is 1. The molecule has 0 aliphatic rings. The summed E-state index contributed by atoms with van der Waals surface area (Å²) in [7, 11) is 1.56. The number of nitrogens with one attached hydrogen (secondary N) is 3. The molecule has 0 spiro atoms. The first-order valence-electron chi connectivity index (χ1n) is 11.8. The summed E-state index contributed by atoms with van der Waals surface area (Å²) in [5.74, 6) is 0.429. The van der Waals surface area contributed by atoms with E-state index in [1.807, 2.05) is 18.3 Å². The number of aromatic nitrogens is 2. The standard InChI is InChI=1S/C27H37N5O2/c1-8-32-17-20(19-16-18(26(2,3)4)12-13-21(19)32)24(33)29-15-14-27(5,6)22-10-9-11-23(30-22)31-25(34)28-7/h9-13,16-17H,8,14-15H2,1-7H3,(H,29,33)(H2,28,30,31,34). The number of amides is 3. The van der Waals surface area contributed by atoms with Gasteiger partial charge >= 0.3 is 6.03 Å². The Hall–Kier alpha value is -3.35. The van der Waals surface area contributed by atoms with Gasteiger partial charge in [0, 0.05) is 48.3 Å².